The van der Waals surface area contributed by atoms with Crippen molar-refractivity contribution in [1.82, 2.24) is 4.90 Å². The molecular formula is C28H26N2O5. The zero-order valence-electron chi connectivity index (χ0n) is 19.6. The van der Waals surface area contributed by atoms with Gasteiger partial charge >= 0.3 is 6.09 Å². The minimum atomic E-state index is -0.249. The molecule has 7 heteroatoms. The summed E-state index contributed by atoms with van der Waals surface area (Å²) >= 11 is 0. The quantitative estimate of drug-likeness (QED) is 0.470. The monoisotopic (exact) mass is 470 g/mol. The van der Waals surface area contributed by atoms with Gasteiger partial charge in [-0.05, 0) is 60.9 Å². The summed E-state index contributed by atoms with van der Waals surface area (Å²) in [5.74, 6) is 1.69. The molecule has 0 aliphatic carbocycles. The van der Waals surface area contributed by atoms with Crippen LogP contribution >= 0.6 is 0 Å². The Balaban J connectivity index is 1.31. The zero-order chi connectivity index (χ0) is 24.4. The van der Waals surface area contributed by atoms with Crippen LogP contribution in [0.4, 0.5) is 10.5 Å². The summed E-state index contributed by atoms with van der Waals surface area (Å²) < 4.78 is 16.8. The number of carbonyl (C=O) groups excluding carboxylic acids is 2. The number of ether oxygens (including phenoxy) is 3. The van der Waals surface area contributed by atoms with Crippen molar-refractivity contribution in [3.05, 3.63) is 83.4 Å². The number of hydrogen-bond donors (Lipinski definition) is 1. The number of para-hydroxylation sites is 1. The van der Waals surface area contributed by atoms with Crippen LogP contribution in [-0.2, 0) is 16.0 Å². The Bertz CT molecular complexity index is 1300. The summed E-state index contributed by atoms with van der Waals surface area (Å²) in [5, 5.41) is 2.89. The number of nitrogens with one attached hydrogen (secondary N) is 1. The Morgan fingerprint density at radius 2 is 1.86 bits per heavy atom. The number of nitrogens with zero attached hydrogens (tertiary/aromatic N) is 1. The summed E-state index contributed by atoms with van der Waals surface area (Å²) in [6.45, 7) is 3.00. The molecule has 1 saturated heterocycles. The molecule has 1 atom stereocenters. The Hall–Kier alpha value is -4.26. The third kappa shape index (κ3) is 4.57. The molecule has 7 nitrogen and oxygen atoms in total. The first-order chi connectivity index (χ1) is 17.1. The summed E-state index contributed by atoms with van der Waals surface area (Å²) in [4.78, 5) is 25.9. The van der Waals surface area contributed by atoms with Gasteiger partial charge in [-0.25, -0.2) is 4.79 Å². The number of benzene rings is 3. The third-order valence-electron chi connectivity index (χ3n) is 6.25. The number of anilines is 1. The van der Waals surface area contributed by atoms with Crippen LogP contribution in [0.15, 0.2) is 66.7 Å². The average Bonchev–Trinajstić information content (AvgIpc) is 3.39. The first-order valence-corrected chi connectivity index (χ1v) is 11.6. The normalized spacial score (nSPS) is 17.8. The van der Waals surface area contributed by atoms with Gasteiger partial charge < -0.3 is 24.4 Å². The average molecular weight is 471 g/mol. The van der Waals surface area contributed by atoms with Gasteiger partial charge in [0.25, 0.3) is 5.91 Å². The number of methoxy groups -OCH3 is 1. The van der Waals surface area contributed by atoms with Crippen LogP contribution in [0.2, 0.25) is 0 Å². The van der Waals surface area contributed by atoms with Gasteiger partial charge in [0.15, 0.2) is 11.5 Å². The zero-order valence-corrected chi connectivity index (χ0v) is 19.6. The first-order valence-electron chi connectivity index (χ1n) is 11.6. The molecule has 3 aromatic carbocycles. The molecule has 2 heterocycles. The van der Waals surface area contributed by atoms with E-state index in [4.69, 9.17) is 14.2 Å². The van der Waals surface area contributed by atoms with Gasteiger partial charge in [0.2, 0.25) is 0 Å². The van der Waals surface area contributed by atoms with Gasteiger partial charge in [-0.2, -0.15) is 0 Å². The number of rotatable bonds is 7. The predicted octanol–water partition coefficient (Wildman–Crippen LogP) is 5.36. The maximum Gasteiger partial charge on any atom is 0.410 e. The largest absolute Gasteiger partial charge is 0.493 e. The van der Waals surface area contributed by atoms with Crippen molar-refractivity contribution < 1.29 is 23.8 Å². The highest BCUT2D eigenvalue weighted by Gasteiger charge is 2.31. The highest BCUT2D eigenvalue weighted by molar-refractivity contribution is 6.34. The lowest BCUT2D eigenvalue weighted by molar-refractivity contribution is -0.110. The van der Waals surface area contributed by atoms with E-state index in [2.05, 4.69) is 5.32 Å². The molecule has 35 heavy (non-hydrogen) atoms. The first kappa shape index (κ1) is 22.5. The lowest BCUT2D eigenvalue weighted by Gasteiger charge is -2.19. The molecule has 0 spiro atoms. The molecule has 0 bridgehead atoms. The molecule has 1 fully saturated rings. The second-order valence-corrected chi connectivity index (χ2v) is 8.43. The Morgan fingerprint density at radius 1 is 1.06 bits per heavy atom. The Labute approximate surface area is 203 Å². The highest BCUT2D eigenvalue weighted by Crippen LogP contribution is 2.36. The van der Waals surface area contributed by atoms with Crippen molar-refractivity contribution in [2.24, 2.45) is 0 Å². The molecule has 2 amide bonds. The van der Waals surface area contributed by atoms with Crippen molar-refractivity contribution >= 4 is 29.3 Å². The molecule has 2 aliphatic rings. The van der Waals surface area contributed by atoms with Crippen molar-refractivity contribution in [3.63, 3.8) is 0 Å². The summed E-state index contributed by atoms with van der Waals surface area (Å²) in [6, 6.07) is 21.0. The highest BCUT2D eigenvalue weighted by atomic mass is 16.6. The van der Waals surface area contributed by atoms with Gasteiger partial charge in [-0.15, -0.1) is 0 Å². The molecule has 1 unspecified atom stereocenters. The number of carbonyl (C=O) groups is 2. The molecule has 1 N–H and O–H groups in total. The second-order valence-electron chi connectivity index (χ2n) is 8.43. The van der Waals surface area contributed by atoms with Crippen LogP contribution in [0.5, 0.6) is 17.2 Å². The molecule has 2 aliphatic heterocycles. The van der Waals surface area contributed by atoms with Crippen molar-refractivity contribution in [1.29, 1.82) is 0 Å². The van der Waals surface area contributed by atoms with Gasteiger partial charge in [0.1, 0.15) is 12.4 Å². The van der Waals surface area contributed by atoms with Crippen LogP contribution in [0.25, 0.3) is 11.6 Å². The van der Waals surface area contributed by atoms with Gasteiger partial charge in [-0.3, -0.25) is 4.79 Å². The smallest absolute Gasteiger partial charge is 0.410 e. The fourth-order valence-corrected chi connectivity index (χ4v) is 4.45. The summed E-state index contributed by atoms with van der Waals surface area (Å²) in [6.07, 6.45) is 2.32. The van der Waals surface area contributed by atoms with Gasteiger partial charge in [0, 0.05) is 23.4 Å². The SMILES string of the molecule is CCN1C(=O)OCC1Cc1ccc(Oc2ccc(/C=C3\C(=O)Nc4ccccc43)cc2OC)cc1. The Kier molecular flexibility index (Phi) is 6.14. The van der Waals surface area contributed by atoms with Crippen LogP contribution in [0, 0.1) is 0 Å². The van der Waals surface area contributed by atoms with Crippen molar-refractivity contribution in [3.8, 4) is 17.2 Å². The molecule has 0 aromatic heterocycles. The summed E-state index contributed by atoms with van der Waals surface area (Å²) in [7, 11) is 1.59. The number of fused-ring (bicyclic) bond motifs is 1. The van der Waals surface area contributed by atoms with Crippen LogP contribution < -0.4 is 14.8 Å². The standard InChI is InChI=1S/C28H26N2O5/c1-3-30-20(17-34-28(30)32)14-18-8-11-21(12-9-18)35-25-13-10-19(16-26(25)33-2)15-23-22-6-4-5-7-24(22)29-27(23)31/h4-13,15-16,20H,3,14,17H2,1-2H3,(H,29,31)/b23-15-. The topological polar surface area (TPSA) is 77.1 Å². The van der Waals surface area contributed by atoms with Crippen LogP contribution in [0.1, 0.15) is 23.6 Å². The third-order valence-corrected chi connectivity index (χ3v) is 6.25. The fourth-order valence-electron chi connectivity index (χ4n) is 4.45. The maximum atomic E-state index is 12.4. The Morgan fingerprint density at radius 3 is 2.63 bits per heavy atom. The van der Waals surface area contributed by atoms with E-state index in [-0.39, 0.29) is 18.0 Å². The number of amides is 2. The lowest BCUT2D eigenvalue weighted by Crippen LogP contribution is -2.34. The molecule has 3 aromatic rings. The predicted molar refractivity (Wildman–Crippen MR) is 134 cm³/mol. The van der Waals surface area contributed by atoms with Crippen LogP contribution in [0.3, 0.4) is 0 Å². The van der Waals surface area contributed by atoms with E-state index in [0.717, 1.165) is 28.8 Å². The minimum Gasteiger partial charge on any atom is -0.493 e. The lowest BCUT2D eigenvalue weighted by atomic mass is 10.0. The molecule has 0 radical (unpaired) electrons. The molecular weight excluding hydrogens is 444 g/mol. The number of likely N-dealkylation sites (N-methyl/N-ethyl adjacent to an activating group) is 1. The van der Waals surface area contributed by atoms with E-state index < -0.39 is 0 Å². The maximum absolute atomic E-state index is 12.4. The van der Waals surface area contributed by atoms with Crippen molar-refractivity contribution in [2.75, 3.05) is 25.6 Å². The fraction of sp³-hybridized carbons (Fsp3) is 0.214. The summed E-state index contributed by atoms with van der Waals surface area (Å²) in [5.41, 5.74) is 4.24. The molecule has 0 saturated carbocycles. The van der Waals surface area contributed by atoms with E-state index in [1.54, 1.807) is 12.0 Å². The number of cyclic esters (lactones) is 1. The van der Waals surface area contributed by atoms with E-state index >= 15 is 0 Å². The van der Waals surface area contributed by atoms with Gasteiger partial charge in [-0.1, -0.05) is 36.4 Å². The van der Waals surface area contributed by atoms with Crippen molar-refractivity contribution in [2.45, 2.75) is 19.4 Å². The van der Waals surface area contributed by atoms with E-state index in [1.807, 2.05) is 79.7 Å². The second kappa shape index (κ2) is 9.54. The minimum absolute atomic E-state index is 0.0509. The van der Waals surface area contributed by atoms with Crippen LogP contribution in [-0.4, -0.2) is 43.2 Å². The van der Waals surface area contributed by atoms with E-state index in [0.29, 0.717) is 36.0 Å². The van der Waals surface area contributed by atoms with E-state index in [9.17, 15) is 9.59 Å². The number of hydrogen-bond acceptors (Lipinski definition) is 5. The molecule has 178 valence electrons. The van der Waals surface area contributed by atoms with Gasteiger partial charge in [0.05, 0.1) is 13.2 Å². The van der Waals surface area contributed by atoms with E-state index in [1.165, 1.54) is 0 Å². The molecule has 5 rings (SSSR count).